The molecule has 144 valence electrons. The number of carbonyl (C=O) groups excluding carboxylic acids is 2. The van der Waals surface area contributed by atoms with Crippen molar-refractivity contribution < 1.29 is 18.7 Å². The van der Waals surface area contributed by atoms with E-state index in [-0.39, 0.29) is 11.8 Å². The second kappa shape index (κ2) is 8.11. The van der Waals surface area contributed by atoms with E-state index in [4.69, 9.17) is 14.9 Å². The number of likely N-dealkylation sites (tertiary alicyclic amines) is 1. The van der Waals surface area contributed by atoms with Gasteiger partial charge in [-0.1, -0.05) is 0 Å². The predicted molar refractivity (Wildman–Crippen MR) is 96.8 cm³/mol. The normalized spacial score (nSPS) is 17.9. The number of primary amides is 1. The summed E-state index contributed by atoms with van der Waals surface area (Å²) in [4.78, 5) is 29.2. The molecule has 0 spiro atoms. The number of guanidine groups is 1. The van der Waals surface area contributed by atoms with Crippen LogP contribution in [0.1, 0.15) is 43.5 Å². The fourth-order valence-corrected chi connectivity index (χ4v) is 2.65. The number of aliphatic imine (C=N–C) groups is 1. The van der Waals surface area contributed by atoms with Gasteiger partial charge in [0.15, 0.2) is 11.7 Å². The zero-order chi connectivity index (χ0) is 19.3. The van der Waals surface area contributed by atoms with E-state index in [9.17, 15) is 9.59 Å². The molecule has 9 nitrogen and oxygen atoms in total. The standard InChI is InChI=1S/C17H27N5O4/c1-17(2,3)26-16(24)21-11-7-8-22(10-11)15(19-4)20-9-12-5-6-13(25-12)14(18)23/h5-6,11H,7-10H2,1-4H3,(H2,18,23)(H,19,20)(H,21,24). The van der Waals surface area contributed by atoms with Crippen LogP contribution in [0.5, 0.6) is 0 Å². The SMILES string of the molecule is CN=C(NCc1ccc(C(N)=O)o1)N1CCC(NC(=O)OC(C)(C)C)C1. The van der Waals surface area contributed by atoms with Crippen LogP contribution in [0, 0.1) is 0 Å². The maximum absolute atomic E-state index is 11.9. The van der Waals surface area contributed by atoms with Crippen LogP contribution in [-0.2, 0) is 11.3 Å². The van der Waals surface area contributed by atoms with Gasteiger partial charge in [0.25, 0.3) is 5.91 Å². The zero-order valence-corrected chi connectivity index (χ0v) is 15.7. The molecule has 9 heteroatoms. The summed E-state index contributed by atoms with van der Waals surface area (Å²) in [5.74, 6) is 0.800. The Labute approximate surface area is 152 Å². The molecular formula is C17H27N5O4. The van der Waals surface area contributed by atoms with Crippen LogP contribution in [0.25, 0.3) is 0 Å². The van der Waals surface area contributed by atoms with Crippen LogP contribution in [0.3, 0.4) is 0 Å². The van der Waals surface area contributed by atoms with Crippen LogP contribution >= 0.6 is 0 Å². The molecule has 0 radical (unpaired) electrons. The molecule has 26 heavy (non-hydrogen) atoms. The number of alkyl carbamates (subject to hydrolysis) is 1. The third kappa shape index (κ3) is 5.68. The van der Waals surface area contributed by atoms with Gasteiger partial charge in [0.1, 0.15) is 11.4 Å². The second-order valence-corrected chi connectivity index (χ2v) is 7.11. The predicted octanol–water partition coefficient (Wildman–Crippen LogP) is 1.05. The van der Waals surface area contributed by atoms with Gasteiger partial charge in [-0.15, -0.1) is 0 Å². The number of hydrogen-bond donors (Lipinski definition) is 3. The number of ether oxygens (including phenoxy) is 1. The molecule has 4 N–H and O–H groups in total. The summed E-state index contributed by atoms with van der Waals surface area (Å²) in [6.07, 6.45) is 0.383. The molecule has 1 aliphatic rings. The summed E-state index contributed by atoms with van der Waals surface area (Å²) < 4.78 is 10.6. The largest absolute Gasteiger partial charge is 0.454 e. The average molecular weight is 365 g/mol. The smallest absolute Gasteiger partial charge is 0.407 e. The van der Waals surface area contributed by atoms with Crippen LogP contribution in [0.4, 0.5) is 4.79 Å². The van der Waals surface area contributed by atoms with E-state index in [2.05, 4.69) is 15.6 Å². The van der Waals surface area contributed by atoms with E-state index in [1.807, 2.05) is 25.7 Å². The Balaban J connectivity index is 1.83. The number of carbonyl (C=O) groups is 2. The Bertz CT molecular complexity index is 677. The minimum Gasteiger partial charge on any atom is -0.454 e. The summed E-state index contributed by atoms with van der Waals surface area (Å²) in [5, 5.41) is 6.06. The van der Waals surface area contributed by atoms with Crippen molar-refractivity contribution in [2.45, 2.75) is 45.4 Å². The number of furan rings is 1. The number of hydrogen-bond acceptors (Lipinski definition) is 5. The number of amides is 2. The molecule has 1 saturated heterocycles. The van der Waals surface area contributed by atoms with Crippen molar-refractivity contribution in [1.29, 1.82) is 0 Å². The van der Waals surface area contributed by atoms with E-state index in [0.29, 0.717) is 24.8 Å². The summed E-state index contributed by atoms with van der Waals surface area (Å²) in [7, 11) is 1.69. The highest BCUT2D eigenvalue weighted by atomic mass is 16.6. The van der Waals surface area contributed by atoms with Gasteiger partial charge in [0, 0.05) is 20.1 Å². The third-order valence-electron chi connectivity index (χ3n) is 3.75. The van der Waals surface area contributed by atoms with Gasteiger partial charge in [0.2, 0.25) is 0 Å². The number of nitrogens with zero attached hydrogens (tertiary/aromatic N) is 2. The maximum Gasteiger partial charge on any atom is 0.407 e. The van der Waals surface area contributed by atoms with Crippen LogP contribution in [0.15, 0.2) is 21.5 Å². The maximum atomic E-state index is 11.9. The molecule has 1 unspecified atom stereocenters. The van der Waals surface area contributed by atoms with Gasteiger partial charge < -0.3 is 30.4 Å². The van der Waals surface area contributed by atoms with E-state index in [0.717, 1.165) is 13.0 Å². The Morgan fingerprint density at radius 3 is 2.73 bits per heavy atom. The van der Waals surface area contributed by atoms with Crippen molar-refractivity contribution in [1.82, 2.24) is 15.5 Å². The van der Waals surface area contributed by atoms with E-state index in [1.54, 1.807) is 19.2 Å². The Hall–Kier alpha value is -2.71. The monoisotopic (exact) mass is 365 g/mol. The van der Waals surface area contributed by atoms with Gasteiger partial charge >= 0.3 is 6.09 Å². The van der Waals surface area contributed by atoms with Gasteiger partial charge in [-0.2, -0.15) is 0 Å². The van der Waals surface area contributed by atoms with Crippen molar-refractivity contribution in [3.63, 3.8) is 0 Å². The fourth-order valence-electron chi connectivity index (χ4n) is 2.65. The molecule has 1 aromatic heterocycles. The molecule has 1 fully saturated rings. The minimum absolute atomic E-state index is 0.00604. The van der Waals surface area contributed by atoms with Crippen molar-refractivity contribution >= 4 is 18.0 Å². The third-order valence-corrected chi connectivity index (χ3v) is 3.75. The summed E-state index contributed by atoms with van der Waals surface area (Å²) >= 11 is 0. The second-order valence-electron chi connectivity index (χ2n) is 7.11. The average Bonchev–Trinajstić information content (AvgIpc) is 3.15. The van der Waals surface area contributed by atoms with Crippen molar-refractivity contribution in [2.75, 3.05) is 20.1 Å². The first-order chi connectivity index (χ1) is 12.2. The molecule has 2 heterocycles. The number of nitrogens with one attached hydrogen (secondary N) is 2. The molecular weight excluding hydrogens is 338 g/mol. The van der Waals surface area contributed by atoms with E-state index < -0.39 is 17.6 Å². The molecule has 1 atom stereocenters. The summed E-state index contributed by atoms with van der Waals surface area (Å²) in [5.41, 5.74) is 4.65. The van der Waals surface area contributed by atoms with Crippen LogP contribution in [-0.4, -0.2) is 54.6 Å². The van der Waals surface area contributed by atoms with Crippen molar-refractivity contribution in [2.24, 2.45) is 10.7 Å². The molecule has 1 aliphatic heterocycles. The fraction of sp³-hybridized carbons (Fsp3) is 0.588. The quantitative estimate of drug-likeness (QED) is 0.541. The van der Waals surface area contributed by atoms with Crippen molar-refractivity contribution in [3.05, 3.63) is 23.7 Å². The molecule has 2 amide bonds. The Morgan fingerprint density at radius 1 is 1.42 bits per heavy atom. The molecule has 2 rings (SSSR count). The van der Waals surface area contributed by atoms with Crippen LogP contribution < -0.4 is 16.4 Å². The Kier molecular flexibility index (Phi) is 6.12. The Morgan fingerprint density at radius 2 is 2.15 bits per heavy atom. The summed E-state index contributed by atoms with van der Waals surface area (Å²) in [6, 6.07) is 3.23. The summed E-state index contributed by atoms with van der Waals surface area (Å²) in [6.45, 7) is 7.25. The van der Waals surface area contributed by atoms with Gasteiger partial charge in [-0.3, -0.25) is 9.79 Å². The molecule has 1 aromatic rings. The molecule has 0 saturated carbocycles. The minimum atomic E-state index is -0.601. The molecule has 0 aliphatic carbocycles. The lowest BCUT2D eigenvalue weighted by Crippen LogP contribution is -2.44. The van der Waals surface area contributed by atoms with Gasteiger partial charge in [0.05, 0.1) is 12.6 Å². The first-order valence-corrected chi connectivity index (χ1v) is 8.51. The van der Waals surface area contributed by atoms with Crippen LogP contribution in [0.2, 0.25) is 0 Å². The first-order valence-electron chi connectivity index (χ1n) is 8.51. The van der Waals surface area contributed by atoms with E-state index in [1.165, 1.54) is 0 Å². The molecule has 0 bridgehead atoms. The highest BCUT2D eigenvalue weighted by molar-refractivity contribution is 5.89. The molecule has 0 aromatic carbocycles. The zero-order valence-electron chi connectivity index (χ0n) is 15.7. The topological polar surface area (TPSA) is 122 Å². The number of rotatable bonds is 4. The highest BCUT2D eigenvalue weighted by Gasteiger charge is 2.27. The number of nitrogens with two attached hydrogens (primary N) is 1. The van der Waals surface area contributed by atoms with E-state index >= 15 is 0 Å². The first kappa shape index (κ1) is 19.6. The lowest BCUT2D eigenvalue weighted by atomic mass is 10.2. The lowest BCUT2D eigenvalue weighted by molar-refractivity contribution is 0.0507. The van der Waals surface area contributed by atoms with Crippen molar-refractivity contribution in [3.8, 4) is 0 Å². The van der Waals surface area contributed by atoms with Gasteiger partial charge in [-0.25, -0.2) is 4.79 Å². The lowest BCUT2D eigenvalue weighted by Gasteiger charge is -2.23. The highest BCUT2D eigenvalue weighted by Crippen LogP contribution is 2.13. The van der Waals surface area contributed by atoms with Gasteiger partial charge in [-0.05, 0) is 39.3 Å².